The van der Waals surface area contributed by atoms with E-state index in [1.165, 1.54) is 76.2 Å². The van der Waals surface area contributed by atoms with Crippen LogP contribution >= 0.6 is 0 Å². The molecule has 0 heterocycles. The summed E-state index contributed by atoms with van der Waals surface area (Å²) >= 11 is 0. The summed E-state index contributed by atoms with van der Waals surface area (Å²) in [5, 5.41) is 0. The van der Waals surface area contributed by atoms with Gasteiger partial charge in [0.15, 0.2) is 0 Å². The lowest BCUT2D eigenvalue weighted by Gasteiger charge is -2.60. The molecule has 4 rings (SSSR count). The number of hydrogen-bond acceptors (Lipinski definition) is 1. The van der Waals surface area contributed by atoms with Gasteiger partial charge < -0.3 is 0 Å². The van der Waals surface area contributed by atoms with Crippen molar-refractivity contribution in [2.45, 2.75) is 105 Å². The molecule has 0 N–H and O–H groups in total. The molecule has 0 aliphatic heterocycles. The van der Waals surface area contributed by atoms with Crippen LogP contribution < -0.4 is 0 Å². The summed E-state index contributed by atoms with van der Waals surface area (Å²) in [5.74, 6) is 4.74. The van der Waals surface area contributed by atoms with Crippen LogP contribution in [0.5, 0.6) is 0 Å². The Hall–Kier alpha value is -0.590. The Morgan fingerprint density at radius 3 is 2.57 bits per heavy atom. The number of carbonyl (C=O) groups is 1. The first-order valence-corrected chi connectivity index (χ1v) is 12.4. The molecule has 0 aromatic carbocycles. The topological polar surface area (TPSA) is 17.1 Å². The molecule has 0 aromatic rings. The van der Waals surface area contributed by atoms with E-state index in [-0.39, 0.29) is 0 Å². The highest BCUT2D eigenvalue weighted by atomic mass is 16.1. The van der Waals surface area contributed by atoms with Crippen LogP contribution in [0.3, 0.4) is 0 Å². The Labute approximate surface area is 174 Å². The number of hydrogen-bond donors (Lipinski definition) is 0. The zero-order chi connectivity index (χ0) is 20.1. The third kappa shape index (κ3) is 3.24. The van der Waals surface area contributed by atoms with Crippen LogP contribution in [0.25, 0.3) is 0 Å². The van der Waals surface area contributed by atoms with Crippen LogP contribution in [-0.4, -0.2) is 5.78 Å². The Bertz CT molecular complexity index is 620. The summed E-state index contributed by atoms with van der Waals surface area (Å²) in [6.07, 6.45) is 15.6. The van der Waals surface area contributed by atoms with E-state index in [1.54, 1.807) is 0 Å². The molecule has 0 bridgehead atoms. The molecule has 8 atom stereocenters. The minimum atomic E-state index is 0.394. The van der Waals surface area contributed by atoms with Gasteiger partial charge in [-0.25, -0.2) is 0 Å². The van der Waals surface area contributed by atoms with E-state index in [9.17, 15) is 4.79 Å². The molecule has 0 radical (unpaired) electrons. The zero-order valence-corrected chi connectivity index (χ0v) is 19.1. The Balaban J connectivity index is 1.52. The van der Waals surface area contributed by atoms with Gasteiger partial charge in [0.1, 0.15) is 5.78 Å². The number of fused-ring (bicyclic) bond motifs is 5. The van der Waals surface area contributed by atoms with Crippen molar-refractivity contribution in [3.8, 4) is 0 Å². The smallest absolute Gasteiger partial charge is 0.136 e. The van der Waals surface area contributed by atoms with Crippen LogP contribution in [0.15, 0.2) is 12.2 Å². The summed E-state index contributed by atoms with van der Waals surface area (Å²) in [4.78, 5) is 13.4. The van der Waals surface area contributed by atoms with Gasteiger partial charge in [-0.1, -0.05) is 45.6 Å². The van der Waals surface area contributed by atoms with Crippen LogP contribution in [0.2, 0.25) is 0 Å². The molecule has 4 aliphatic rings. The average Bonchev–Trinajstić information content (AvgIpc) is 2.99. The molecule has 0 amide bonds. The predicted molar refractivity (Wildman–Crippen MR) is 118 cm³/mol. The van der Waals surface area contributed by atoms with Crippen molar-refractivity contribution in [2.24, 2.45) is 46.3 Å². The van der Waals surface area contributed by atoms with Gasteiger partial charge in [-0.15, -0.1) is 6.58 Å². The highest BCUT2D eigenvalue weighted by Gasteiger charge is 2.62. The fourth-order valence-electron chi connectivity index (χ4n) is 8.86. The van der Waals surface area contributed by atoms with Crippen molar-refractivity contribution in [3.05, 3.63) is 12.2 Å². The molecule has 1 unspecified atom stereocenters. The summed E-state index contributed by atoms with van der Waals surface area (Å²) in [6.45, 7) is 13.9. The first kappa shape index (κ1) is 20.7. The van der Waals surface area contributed by atoms with E-state index >= 15 is 0 Å². The van der Waals surface area contributed by atoms with Gasteiger partial charge in [-0.05, 0) is 98.7 Å². The maximum Gasteiger partial charge on any atom is 0.136 e. The molecule has 4 saturated carbocycles. The van der Waals surface area contributed by atoms with Crippen molar-refractivity contribution in [1.82, 2.24) is 0 Å². The van der Waals surface area contributed by atoms with Crippen LogP contribution in [0, 0.1) is 46.3 Å². The second-order valence-corrected chi connectivity index (χ2v) is 11.9. The molecular weight excluding hydrogens is 340 g/mol. The molecule has 0 aromatic heterocycles. The second kappa shape index (κ2) is 7.59. The van der Waals surface area contributed by atoms with Gasteiger partial charge in [-0.2, -0.15) is 0 Å². The summed E-state index contributed by atoms with van der Waals surface area (Å²) in [5.41, 5.74) is 2.20. The van der Waals surface area contributed by atoms with E-state index in [0.29, 0.717) is 40.3 Å². The van der Waals surface area contributed by atoms with Crippen molar-refractivity contribution in [3.63, 3.8) is 0 Å². The van der Waals surface area contributed by atoms with Gasteiger partial charge in [0.05, 0.1) is 0 Å². The fourth-order valence-corrected chi connectivity index (χ4v) is 8.86. The minimum Gasteiger partial charge on any atom is -0.299 e. The molecule has 4 fully saturated rings. The fraction of sp³-hybridized carbons (Fsp3) is 0.889. The molecule has 28 heavy (non-hydrogen) atoms. The van der Waals surface area contributed by atoms with Crippen molar-refractivity contribution in [2.75, 3.05) is 0 Å². The molecule has 0 spiro atoms. The number of carbonyl (C=O) groups excluding carboxylic acids is 1. The monoisotopic (exact) mass is 384 g/mol. The Morgan fingerprint density at radius 1 is 1.07 bits per heavy atom. The third-order valence-corrected chi connectivity index (χ3v) is 10.4. The van der Waals surface area contributed by atoms with E-state index in [0.717, 1.165) is 18.3 Å². The molecule has 1 nitrogen and oxygen atoms in total. The number of Topliss-reactive ketones (excluding diaryl/α,β-unsaturated/α-hetero) is 1. The molecule has 0 saturated heterocycles. The Kier molecular flexibility index (Phi) is 5.60. The van der Waals surface area contributed by atoms with E-state index in [4.69, 9.17) is 0 Å². The highest BCUT2D eigenvalue weighted by molar-refractivity contribution is 5.83. The van der Waals surface area contributed by atoms with Crippen LogP contribution in [0.4, 0.5) is 0 Å². The quantitative estimate of drug-likeness (QED) is 0.446. The lowest BCUT2D eigenvalue weighted by molar-refractivity contribution is -0.156. The molecular formula is C27H44O. The van der Waals surface area contributed by atoms with Crippen molar-refractivity contribution < 1.29 is 4.79 Å². The third-order valence-electron chi connectivity index (χ3n) is 10.4. The predicted octanol–water partition coefficient (Wildman–Crippen LogP) is 7.60. The molecule has 1 heteroatoms. The summed E-state index contributed by atoms with van der Waals surface area (Å²) < 4.78 is 0. The number of allylic oxidation sites excluding steroid dienone is 1. The normalized spacial score (nSPS) is 46.4. The van der Waals surface area contributed by atoms with Crippen LogP contribution in [-0.2, 0) is 4.79 Å². The molecule has 158 valence electrons. The Morgan fingerprint density at radius 2 is 1.82 bits per heavy atom. The SMILES string of the molecule is C=C(C)CCC[C@@H](C)[C@H]1CC[C@H]2[C@@H]3C(=O)CC4CCCC[C@]4(C)[C@H]3CC[C@]12C. The minimum absolute atomic E-state index is 0.394. The second-order valence-electron chi connectivity index (χ2n) is 11.9. The van der Waals surface area contributed by atoms with Gasteiger partial charge in [0.25, 0.3) is 0 Å². The number of rotatable bonds is 5. The maximum atomic E-state index is 13.4. The first-order chi connectivity index (χ1) is 13.3. The van der Waals surface area contributed by atoms with Crippen molar-refractivity contribution in [1.29, 1.82) is 0 Å². The van der Waals surface area contributed by atoms with E-state index < -0.39 is 0 Å². The van der Waals surface area contributed by atoms with E-state index in [1.807, 2.05) is 0 Å². The van der Waals surface area contributed by atoms with Gasteiger partial charge in [0, 0.05) is 12.3 Å². The van der Waals surface area contributed by atoms with Gasteiger partial charge in [0.2, 0.25) is 0 Å². The highest BCUT2D eigenvalue weighted by Crippen LogP contribution is 2.67. The lowest BCUT2D eigenvalue weighted by Crippen LogP contribution is -2.56. The van der Waals surface area contributed by atoms with Crippen LogP contribution in [0.1, 0.15) is 105 Å². The van der Waals surface area contributed by atoms with Gasteiger partial charge in [-0.3, -0.25) is 4.79 Å². The molecule has 4 aliphatic carbocycles. The lowest BCUT2D eigenvalue weighted by atomic mass is 9.44. The first-order valence-electron chi connectivity index (χ1n) is 12.4. The van der Waals surface area contributed by atoms with Crippen molar-refractivity contribution >= 4 is 5.78 Å². The average molecular weight is 385 g/mol. The summed E-state index contributed by atoms with van der Waals surface area (Å²) in [7, 11) is 0. The largest absolute Gasteiger partial charge is 0.299 e. The zero-order valence-electron chi connectivity index (χ0n) is 19.1. The maximum absolute atomic E-state index is 13.4. The number of ketones is 1. The van der Waals surface area contributed by atoms with E-state index in [2.05, 4.69) is 34.3 Å². The summed E-state index contributed by atoms with van der Waals surface area (Å²) in [6, 6.07) is 0. The van der Waals surface area contributed by atoms with Gasteiger partial charge >= 0.3 is 0 Å². The standard InChI is InChI=1S/C27H44O/c1-18(2)9-8-10-19(3)21-12-13-22-25-23(14-16-27(21,22)5)26(4)15-7-6-11-20(26)17-24(25)28/h19-23,25H,1,6-17H2,2-5H3/t19-,20?,21-,22+,23+,25+,26+,27-/m1/s1.